The van der Waals surface area contributed by atoms with Crippen molar-refractivity contribution in [2.45, 2.75) is 77.3 Å². The van der Waals surface area contributed by atoms with Crippen molar-refractivity contribution >= 4 is 6.08 Å². The Kier molecular flexibility index (Phi) is 5.73. The monoisotopic (exact) mass is 562 g/mol. The number of fused-ring (bicyclic) bond motifs is 8. The fourth-order valence-electron chi connectivity index (χ4n) is 10.6. The molecule has 8 nitrogen and oxygen atoms in total. The van der Waals surface area contributed by atoms with Crippen LogP contribution in [0.1, 0.15) is 64.6 Å². The van der Waals surface area contributed by atoms with Gasteiger partial charge in [-0.2, -0.15) is 5.10 Å². The lowest BCUT2D eigenvalue weighted by Gasteiger charge is -2.62. The maximum Gasteiger partial charge on any atom is 0.226 e. The zero-order valence-electron chi connectivity index (χ0n) is 24.6. The van der Waals surface area contributed by atoms with E-state index in [2.05, 4.69) is 45.2 Å². The normalized spacial score (nSPS) is 44.4. The number of ether oxygens (including phenoxy) is 5. The van der Waals surface area contributed by atoms with Crippen LogP contribution in [0.3, 0.4) is 0 Å². The number of aliphatic hydroxyl groups excluding tert-OH is 1. The van der Waals surface area contributed by atoms with E-state index in [0.717, 1.165) is 42.8 Å². The standard InChI is InChI=1S/C33H42N2O6/c1-5-38-23-8-6-22(7-9-23)35-16-21-14-30(3)26(13-27(21)34-35)20(2)12-24-25-10-11-32(31(25,4)15-28(36)29(24)30)33(41-19-39-32)17-37-18-40-33/h6-9,13,16,20,24-25,28-29,36H,5,10-12,14-15,17-19H2,1-4H3/t20-,24-,25-,28-,29+,30-,31-,32+,33?/m0/s1. The van der Waals surface area contributed by atoms with Gasteiger partial charge in [-0.1, -0.05) is 26.3 Å². The van der Waals surface area contributed by atoms with Gasteiger partial charge >= 0.3 is 0 Å². The summed E-state index contributed by atoms with van der Waals surface area (Å²) in [6.45, 7) is 10.6. The van der Waals surface area contributed by atoms with E-state index in [0.29, 0.717) is 37.4 Å². The molecule has 2 aromatic rings. The molecule has 3 saturated carbocycles. The lowest BCUT2D eigenvalue weighted by Crippen LogP contribution is -2.66. The van der Waals surface area contributed by atoms with Gasteiger partial charge in [0.15, 0.2) is 13.6 Å². The Labute approximate surface area is 241 Å². The molecular weight excluding hydrogens is 520 g/mol. The first-order valence-electron chi connectivity index (χ1n) is 15.5. The van der Waals surface area contributed by atoms with Crippen LogP contribution < -0.4 is 4.74 Å². The molecule has 220 valence electrons. The van der Waals surface area contributed by atoms with E-state index >= 15 is 0 Å². The highest BCUT2D eigenvalue weighted by molar-refractivity contribution is 5.60. The van der Waals surface area contributed by atoms with Gasteiger partial charge in [0, 0.05) is 11.6 Å². The molecule has 41 heavy (non-hydrogen) atoms. The molecule has 4 aliphatic carbocycles. The van der Waals surface area contributed by atoms with E-state index < -0.39 is 17.5 Å². The summed E-state index contributed by atoms with van der Waals surface area (Å²) in [5, 5.41) is 17.2. The fourth-order valence-corrected chi connectivity index (χ4v) is 10.6. The van der Waals surface area contributed by atoms with Crippen LogP contribution in [-0.2, 0) is 25.4 Å². The number of allylic oxidation sites excluding steroid dienone is 1. The maximum absolute atomic E-state index is 12.2. The minimum atomic E-state index is -0.868. The van der Waals surface area contributed by atoms with E-state index in [9.17, 15) is 5.11 Å². The van der Waals surface area contributed by atoms with Crippen molar-refractivity contribution in [3.05, 3.63) is 47.3 Å². The van der Waals surface area contributed by atoms with Gasteiger partial charge in [-0.25, -0.2) is 4.68 Å². The summed E-state index contributed by atoms with van der Waals surface area (Å²) < 4.78 is 32.2. The number of benzene rings is 1. The first-order chi connectivity index (χ1) is 19.7. The van der Waals surface area contributed by atoms with Gasteiger partial charge in [-0.15, -0.1) is 0 Å². The van der Waals surface area contributed by atoms with Crippen molar-refractivity contribution in [3.63, 3.8) is 0 Å². The predicted octanol–water partition coefficient (Wildman–Crippen LogP) is 5.11. The molecule has 6 aliphatic rings. The van der Waals surface area contributed by atoms with Crippen molar-refractivity contribution in [2.24, 2.45) is 34.5 Å². The van der Waals surface area contributed by atoms with E-state index in [1.54, 1.807) is 0 Å². The van der Waals surface area contributed by atoms with Crippen LogP contribution in [-0.4, -0.2) is 59.2 Å². The van der Waals surface area contributed by atoms with Crippen molar-refractivity contribution in [2.75, 3.05) is 26.8 Å². The second-order valence-corrected chi connectivity index (χ2v) is 13.9. The number of nitrogens with zero attached hydrogens (tertiary/aromatic N) is 2. The molecule has 8 heteroatoms. The highest BCUT2D eigenvalue weighted by Gasteiger charge is 2.77. The molecule has 1 aromatic heterocycles. The Hall–Kier alpha value is -2.23. The molecule has 8 rings (SSSR count). The third-order valence-electron chi connectivity index (χ3n) is 12.1. The Balaban J connectivity index is 1.13. The molecule has 1 unspecified atom stereocenters. The zero-order valence-corrected chi connectivity index (χ0v) is 24.6. The van der Waals surface area contributed by atoms with E-state index in [-0.39, 0.29) is 30.3 Å². The molecule has 5 fully saturated rings. The van der Waals surface area contributed by atoms with Crippen LogP contribution in [0.15, 0.2) is 36.0 Å². The van der Waals surface area contributed by atoms with Crippen molar-refractivity contribution in [3.8, 4) is 11.4 Å². The van der Waals surface area contributed by atoms with Crippen LogP contribution in [0.25, 0.3) is 11.8 Å². The van der Waals surface area contributed by atoms with Crippen molar-refractivity contribution in [1.82, 2.24) is 9.78 Å². The second-order valence-electron chi connectivity index (χ2n) is 13.9. The Morgan fingerprint density at radius 3 is 2.68 bits per heavy atom. The van der Waals surface area contributed by atoms with Crippen LogP contribution in [0, 0.1) is 34.5 Å². The molecule has 0 radical (unpaired) electrons. The molecular formula is C33H42N2O6. The van der Waals surface area contributed by atoms with E-state index in [1.165, 1.54) is 11.1 Å². The van der Waals surface area contributed by atoms with Gasteiger partial charge in [0.25, 0.3) is 0 Å². The topological polar surface area (TPSA) is 84.2 Å². The molecule has 2 aliphatic heterocycles. The average Bonchev–Trinajstić information content (AvgIpc) is 3.72. The van der Waals surface area contributed by atoms with Crippen molar-refractivity contribution in [1.29, 1.82) is 0 Å². The van der Waals surface area contributed by atoms with Gasteiger partial charge in [0.1, 0.15) is 18.0 Å². The molecule has 1 aromatic carbocycles. The first kappa shape index (κ1) is 26.4. The molecule has 1 N–H and O–H groups in total. The highest BCUT2D eigenvalue weighted by Crippen LogP contribution is 2.72. The molecule has 2 spiro atoms. The van der Waals surface area contributed by atoms with Gasteiger partial charge in [-0.3, -0.25) is 0 Å². The minimum Gasteiger partial charge on any atom is -0.494 e. The lowest BCUT2D eigenvalue weighted by atomic mass is 9.43. The number of rotatable bonds is 3. The third-order valence-corrected chi connectivity index (χ3v) is 12.1. The molecule has 2 saturated heterocycles. The van der Waals surface area contributed by atoms with E-state index in [1.807, 2.05) is 23.7 Å². The largest absolute Gasteiger partial charge is 0.494 e. The lowest BCUT2D eigenvalue weighted by molar-refractivity contribution is -0.258. The van der Waals surface area contributed by atoms with Gasteiger partial charge in [0.05, 0.1) is 24.1 Å². The summed E-state index contributed by atoms with van der Waals surface area (Å²) in [5.41, 5.74) is 3.81. The minimum absolute atomic E-state index is 0.129. The summed E-state index contributed by atoms with van der Waals surface area (Å²) in [7, 11) is 0. The summed E-state index contributed by atoms with van der Waals surface area (Å²) in [4.78, 5) is 0. The summed E-state index contributed by atoms with van der Waals surface area (Å²) in [6.07, 6.45) is 8.66. The zero-order chi connectivity index (χ0) is 28.2. The Bertz CT molecular complexity index is 1370. The quantitative estimate of drug-likeness (QED) is 0.556. The average molecular weight is 563 g/mol. The number of hydrogen-bond donors (Lipinski definition) is 1. The van der Waals surface area contributed by atoms with Gasteiger partial charge in [0.2, 0.25) is 5.79 Å². The van der Waals surface area contributed by atoms with Crippen LogP contribution in [0.2, 0.25) is 0 Å². The van der Waals surface area contributed by atoms with E-state index in [4.69, 9.17) is 28.8 Å². The highest BCUT2D eigenvalue weighted by atomic mass is 16.9. The fraction of sp³-hybridized carbons (Fsp3) is 0.667. The van der Waals surface area contributed by atoms with Gasteiger partial charge < -0.3 is 28.8 Å². The summed E-state index contributed by atoms with van der Waals surface area (Å²) in [6, 6.07) is 8.13. The molecule has 0 amide bonds. The molecule has 3 heterocycles. The van der Waals surface area contributed by atoms with Crippen LogP contribution >= 0.6 is 0 Å². The third kappa shape index (κ3) is 3.37. The Morgan fingerprint density at radius 2 is 1.93 bits per heavy atom. The number of aliphatic hydroxyl groups is 1. The smallest absolute Gasteiger partial charge is 0.226 e. The Morgan fingerprint density at radius 1 is 1.12 bits per heavy atom. The molecule has 0 bridgehead atoms. The van der Waals surface area contributed by atoms with Crippen LogP contribution in [0.4, 0.5) is 0 Å². The summed E-state index contributed by atoms with van der Waals surface area (Å²) >= 11 is 0. The first-order valence-corrected chi connectivity index (χ1v) is 15.5. The summed E-state index contributed by atoms with van der Waals surface area (Å²) in [5.74, 6) is 1.41. The van der Waals surface area contributed by atoms with Gasteiger partial charge in [-0.05, 0) is 104 Å². The number of aromatic nitrogens is 2. The predicted molar refractivity (Wildman–Crippen MR) is 151 cm³/mol. The maximum atomic E-state index is 12.2. The number of hydrogen-bond acceptors (Lipinski definition) is 7. The molecule has 9 atom stereocenters. The SMILES string of the molecule is CCOc1ccc(-n2cc3c(n2)C=C2[C@@H](C)C[C@@H]4[C@H]([C@@H](O)C[C@@]5(C)[C@H]4CC[C@@]54OCOC45COCO5)[C@@]2(C)C3)cc1. The van der Waals surface area contributed by atoms with Crippen molar-refractivity contribution < 1.29 is 28.8 Å². The second kappa shape index (κ2) is 8.89. The van der Waals surface area contributed by atoms with Crippen LogP contribution in [0.5, 0.6) is 5.75 Å².